The lowest BCUT2D eigenvalue weighted by molar-refractivity contribution is 0.0752. The number of hydrogen-bond acceptors (Lipinski definition) is 3. The van der Waals surface area contributed by atoms with Gasteiger partial charge in [0.05, 0.1) is 8.66 Å². The molecule has 1 saturated heterocycles. The van der Waals surface area contributed by atoms with E-state index in [1.807, 2.05) is 24.9 Å². The predicted molar refractivity (Wildman–Crippen MR) is 83.9 cm³/mol. The Hall–Kier alpha value is -0.390. The summed E-state index contributed by atoms with van der Waals surface area (Å²) in [6.07, 6.45) is 2.39. The molecule has 1 aliphatic rings. The second kappa shape index (κ2) is 6.37. The van der Waals surface area contributed by atoms with E-state index in [0.717, 1.165) is 33.9 Å². The molecule has 1 aliphatic heterocycles. The van der Waals surface area contributed by atoms with E-state index < -0.39 is 0 Å². The number of likely N-dealkylation sites (tertiary alicyclic amines) is 1. The van der Waals surface area contributed by atoms with E-state index in [2.05, 4.69) is 27.9 Å². The monoisotopic (exact) mass is 344 g/mol. The van der Waals surface area contributed by atoms with Crippen molar-refractivity contribution in [2.45, 2.75) is 19.8 Å². The summed E-state index contributed by atoms with van der Waals surface area (Å²) in [5.74, 6) is 0.798. The van der Waals surface area contributed by atoms with Crippen LogP contribution in [0.2, 0.25) is 0 Å². The number of rotatable bonds is 3. The Balaban J connectivity index is 1.92. The summed E-state index contributed by atoms with van der Waals surface area (Å²) in [6, 6.07) is 1.97. The molecule has 0 aliphatic carbocycles. The van der Waals surface area contributed by atoms with Gasteiger partial charge in [-0.1, -0.05) is 0 Å². The van der Waals surface area contributed by atoms with Crippen molar-refractivity contribution in [1.29, 1.82) is 0 Å². The maximum Gasteiger partial charge on any atom is 0.263 e. The fourth-order valence-electron chi connectivity index (χ4n) is 2.47. The van der Waals surface area contributed by atoms with Crippen LogP contribution in [0, 0.1) is 12.8 Å². The smallest absolute Gasteiger partial charge is 0.263 e. The van der Waals surface area contributed by atoms with Gasteiger partial charge in [0.2, 0.25) is 0 Å². The molecule has 0 aromatic carbocycles. The van der Waals surface area contributed by atoms with Crippen LogP contribution in [0.3, 0.4) is 0 Å². The van der Waals surface area contributed by atoms with Gasteiger partial charge < -0.3 is 9.80 Å². The molecule has 0 N–H and O–H groups in total. The van der Waals surface area contributed by atoms with Crippen LogP contribution in [-0.2, 0) is 0 Å². The highest BCUT2D eigenvalue weighted by Crippen LogP contribution is 2.28. The summed E-state index contributed by atoms with van der Waals surface area (Å²) < 4.78 is 1.06. The Morgan fingerprint density at radius 3 is 2.68 bits per heavy atom. The Bertz CT molecular complexity index is 433. The van der Waals surface area contributed by atoms with Crippen LogP contribution in [0.4, 0.5) is 0 Å². The van der Waals surface area contributed by atoms with Gasteiger partial charge in [-0.3, -0.25) is 4.79 Å². The molecule has 1 aromatic heterocycles. The van der Waals surface area contributed by atoms with Crippen LogP contribution >= 0.6 is 27.3 Å². The third-order valence-electron chi connectivity index (χ3n) is 3.78. The van der Waals surface area contributed by atoms with E-state index in [9.17, 15) is 4.79 Å². The number of amides is 1. The van der Waals surface area contributed by atoms with Crippen molar-refractivity contribution in [2.75, 3.05) is 33.7 Å². The number of carbonyl (C=O) groups is 1. The van der Waals surface area contributed by atoms with Crippen LogP contribution in [-0.4, -0.2) is 49.4 Å². The topological polar surface area (TPSA) is 23.6 Å². The zero-order valence-corrected chi connectivity index (χ0v) is 14.2. The third kappa shape index (κ3) is 3.80. The average Bonchev–Trinajstić information content (AvgIpc) is 2.71. The SMILES string of the molecule is Cc1cc(C(=O)N(C)CC2CCN(C)CC2)sc1Br. The first-order valence-corrected chi connectivity index (χ1v) is 8.28. The third-order valence-corrected chi connectivity index (χ3v) is 5.91. The quantitative estimate of drug-likeness (QED) is 0.840. The van der Waals surface area contributed by atoms with Crippen LogP contribution in [0.1, 0.15) is 28.1 Å². The van der Waals surface area contributed by atoms with E-state index in [1.165, 1.54) is 24.2 Å². The number of thiophene rings is 1. The molecule has 2 heterocycles. The summed E-state index contributed by atoms with van der Waals surface area (Å²) in [7, 11) is 4.08. The number of aryl methyl sites for hydroxylation is 1. The van der Waals surface area contributed by atoms with E-state index in [0.29, 0.717) is 5.92 Å². The lowest BCUT2D eigenvalue weighted by Crippen LogP contribution is -2.37. The Kier molecular flexibility index (Phi) is 5.03. The van der Waals surface area contributed by atoms with Crippen LogP contribution < -0.4 is 0 Å². The molecule has 1 amide bonds. The van der Waals surface area contributed by atoms with E-state index >= 15 is 0 Å². The summed E-state index contributed by atoms with van der Waals surface area (Å²) in [5.41, 5.74) is 1.14. The van der Waals surface area contributed by atoms with Gasteiger partial charge in [0.1, 0.15) is 0 Å². The first-order valence-electron chi connectivity index (χ1n) is 6.67. The van der Waals surface area contributed by atoms with Crippen molar-refractivity contribution in [1.82, 2.24) is 9.80 Å². The Labute approximate surface area is 127 Å². The molecular formula is C14H21BrN2OS. The molecule has 0 unspecified atom stereocenters. The second-order valence-electron chi connectivity index (χ2n) is 5.50. The maximum absolute atomic E-state index is 12.4. The minimum absolute atomic E-state index is 0.151. The number of halogens is 1. The second-order valence-corrected chi connectivity index (χ2v) is 7.87. The number of piperidine rings is 1. The highest BCUT2D eigenvalue weighted by atomic mass is 79.9. The molecule has 0 spiro atoms. The largest absolute Gasteiger partial charge is 0.341 e. The van der Waals surface area contributed by atoms with E-state index in [1.54, 1.807) is 0 Å². The van der Waals surface area contributed by atoms with E-state index in [-0.39, 0.29) is 5.91 Å². The normalized spacial score (nSPS) is 17.7. The van der Waals surface area contributed by atoms with Crippen LogP contribution in [0.25, 0.3) is 0 Å². The zero-order chi connectivity index (χ0) is 14.0. The molecule has 5 heteroatoms. The van der Waals surface area contributed by atoms with Crippen LogP contribution in [0.5, 0.6) is 0 Å². The molecule has 0 bridgehead atoms. The molecular weight excluding hydrogens is 324 g/mol. The van der Waals surface area contributed by atoms with Gasteiger partial charge in [-0.2, -0.15) is 0 Å². The van der Waals surface area contributed by atoms with Crippen LogP contribution in [0.15, 0.2) is 9.85 Å². The van der Waals surface area contributed by atoms with Gasteiger partial charge in [-0.25, -0.2) is 0 Å². The van der Waals surface area contributed by atoms with Gasteiger partial charge in [0.15, 0.2) is 0 Å². The molecule has 106 valence electrons. The average molecular weight is 345 g/mol. The van der Waals surface area contributed by atoms with Crippen molar-refractivity contribution in [3.05, 3.63) is 20.3 Å². The van der Waals surface area contributed by atoms with Crippen molar-refractivity contribution >= 4 is 33.2 Å². The molecule has 0 atom stereocenters. The number of nitrogens with zero attached hydrogens (tertiary/aromatic N) is 2. The summed E-state index contributed by atoms with van der Waals surface area (Å²) in [5, 5.41) is 0. The van der Waals surface area contributed by atoms with Crippen molar-refractivity contribution in [3.8, 4) is 0 Å². The van der Waals surface area contributed by atoms with Crippen molar-refractivity contribution in [2.24, 2.45) is 5.92 Å². The van der Waals surface area contributed by atoms with Crippen molar-refractivity contribution in [3.63, 3.8) is 0 Å². The van der Waals surface area contributed by atoms with Gasteiger partial charge >= 0.3 is 0 Å². The lowest BCUT2D eigenvalue weighted by Gasteiger charge is -2.31. The zero-order valence-electron chi connectivity index (χ0n) is 11.8. The minimum Gasteiger partial charge on any atom is -0.341 e. The molecule has 3 nitrogen and oxygen atoms in total. The first-order chi connectivity index (χ1) is 8.97. The molecule has 0 radical (unpaired) electrons. The Morgan fingerprint density at radius 2 is 2.16 bits per heavy atom. The first kappa shape index (κ1) is 15.0. The van der Waals surface area contributed by atoms with Gasteiger partial charge in [0, 0.05) is 13.6 Å². The standard InChI is InChI=1S/C14H21BrN2OS/c1-10-8-12(19-13(10)15)14(18)17(3)9-11-4-6-16(2)7-5-11/h8,11H,4-7,9H2,1-3H3. The minimum atomic E-state index is 0.151. The predicted octanol–water partition coefficient (Wildman–Crippen LogP) is 3.23. The van der Waals surface area contributed by atoms with Gasteiger partial charge in [0.25, 0.3) is 5.91 Å². The molecule has 1 fully saturated rings. The maximum atomic E-state index is 12.4. The summed E-state index contributed by atoms with van der Waals surface area (Å²) >= 11 is 5.01. The molecule has 0 saturated carbocycles. The van der Waals surface area contributed by atoms with Crippen molar-refractivity contribution < 1.29 is 4.79 Å². The summed E-state index contributed by atoms with van der Waals surface area (Å²) in [4.78, 5) is 17.4. The van der Waals surface area contributed by atoms with Gasteiger partial charge in [-0.05, 0) is 73.4 Å². The summed E-state index contributed by atoms with van der Waals surface area (Å²) in [6.45, 7) is 5.20. The molecule has 1 aromatic rings. The molecule has 19 heavy (non-hydrogen) atoms. The number of carbonyl (C=O) groups excluding carboxylic acids is 1. The molecule has 2 rings (SSSR count). The van der Waals surface area contributed by atoms with Gasteiger partial charge in [-0.15, -0.1) is 11.3 Å². The highest BCUT2D eigenvalue weighted by molar-refractivity contribution is 9.11. The fourth-order valence-corrected chi connectivity index (χ4v) is 4.00. The van der Waals surface area contributed by atoms with E-state index in [4.69, 9.17) is 0 Å². The fraction of sp³-hybridized carbons (Fsp3) is 0.643. The lowest BCUT2D eigenvalue weighted by atomic mass is 9.96. The highest BCUT2D eigenvalue weighted by Gasteiger charge is 2.22. The Morgan fingerprint density at radius 1 is 1.53 bits per heavy atom. The number of hydrogen-bond donors (Lipinski definition) is 0.